The number of benzene rings is 2. The Kier molecular flexibility index (Phi) is 4.16. The van der Waals surface area contributed by atoms with Gasteiger partial charge in [0, 0.05) is 17.7 Å². The summed E-state index contributed by atoms with van der Waals surface area (Å²) in [6.45, 7) is 6.86. The van der Waals surface area contributed by atoms with E-state index in [-0.39, 0.29) is 17.4 Å². The van der Waals surface area contributed by atoms with E-state index in [4.69, 9.17) is 5.10 Å². The molecule has 3 aromatic rings. The highest BCUT2D eigenvalue weighted by Gasteiger charge is 2.37. The van der Waals surface area contributed by atoms with Gasteiger partial charge in [-0.3, -0.25) is 4.68 Å². The van der Waals surface area contributed by atoms with Crippen LogP contribution in [0.2, 0.25) is 0 Å². The highest BCUT2D eigenvalue weighted by molar-refractivity contribution is 6.00. The van der Waals surface area contributed by atoms with Crippen molar-refractivity contribution < 1.29 is 0 Å². The van der Waals surface area contributed by atoms with Gasteiger partial charge in [0.1, 0.15) is 0 Å². The predicted molar refractivity (Wildman–Crippen MR) is 120 cm³/mol. The van der Waals surface area contributed by atoms with Crippen molar-refractivity contribution >= 4 is 11.1 Å². The summed E-state index contributed by atoms with van der Waals surface area (Å²) < 4.78 is 2.20. The highest BCUT2D eigenvalue weighted by atomic mass is 15.3. The smallest absolute Gasteiger partial charge is 0.0813 e. The quantitative estimate of drug-likeness (QED) is 0.494. The Hall–Kier alpha value is -3.13. The molecule has 2 heterocycles. The van der Waals surface area contributed by atoms with E-state index in [2.05, 4.69) is 110 Å². The van der Waals surface area contributed by atoms with Gasteiger partial charge in [0.2, 0.25) is 0 Å². The SMILES string of the molecule is CC(C)(C)C1=CC2C(c3ccccc3)=C(c3ccccc3)c3ccnn3C2C=C1. The Labute approximate surface area is 172 Å². The molecule has 0 N–H and O–H groups in total. The summed E-state index contributed by atoms with van der Waals surface area (Å²) in [7, 11) is 0. The van der Waals surface area contributed by atoms with Crippen molar-refractivity contribution in [2.45, 2.75) is 26.8 Å². The third-order valence-corrected chi connectivity index (χ3v) is 6.02. The summed E-state index contributed by atoms with van der Waals surface area (Å²) in [4.78, 5) is 0. The molecule has 2 atom stereocenters. The van der Waals surface area contributed by atoms with Crippen molar-refractivity contribution in [3.63, 3.8) is 0 Å². The van der Waals surface area contributed by atoms with Gasteiger partial charge < -0.3 is 0 Å². The van der Waals surface area contributed by atoms with E-state index < -0.39 is 0 Å². The first kappa shape index (κ1) is 17.9. The zero-order chi connectivity index (χ0) is 20.0. The molecule has 2 aliphatic rings. The third kappa shape index (κ3) is 3.00. The number of aromatic nitrogens is 2. The molecule has 2 unspecified atom stereocenters. The molecular formula is C27H26N2. The van der Waals surface area contributed by atoms with E-state index in [1.807, 2.05) is 6.20 Å². The molecule has 0 spiro atoms. The number of fused-ring (bicyclic) bond motifs is 3. The van der Waals surface area contributed by atoms with Crippen molar-refractivity contribution in [2.24, 2.45) is 11.3 Å². The Morgan fingerprint density at radius 3 is 2.14 bits per heavy atom. The molecule has 0 bridgehead atoms. The number of nitrogens with zero attached hydrogens (tertiary/aromatic N) is 2. The maximum atomic E-state index is 4.73. The van der Waals surface area contributed by atoms with Crippen LogP contribution in [-0.2, 0) is 0 Å². The van der Waals surface area contributed by atoms with Crippen molar-refractivity contribution in [3.05, 3.63) is 114 Å². The first-order valence-corrected chi connectivity index (χ1v) is 10.3. The summed E-state index contributed by atoms with van der Waals surface area (Å²) in [5.74, 6) is 0.249. The Balaban J connectivity index is 1.83. The third-order valence-electron chi connectivity index (χ3n) is 6.02. The van der Waals surface area contributed by atoms with Crippen LogP contribution in [0.15, 0.2) is 96.7 Å². The Morgan fingerprint density at radius 1 is 0.828 bits per heavy atom. The number of rotatable bonds is 2. The van der Waals surface area contributed by atoms with Crippen LogP contribution in [0.25, 0.3) is 11.1 Å². The van der Waals surface area contributed by atoms with Gasteiger partial charge in [-0.05, 0) is 33.8 Å². The van der Waals surface area contributed by atoms with E-state index in [1.54, 1.807) is 0 Å². The Morgan fingerprint density at radius 2 is 1.48 bits per heavy atom. The highest BCUT2D eigenvalue weighted by Crippen LogP contribution is 2.49. The van der Waals surface area contributed by atoms with Crippen molar-refractivity contribution in [1.82, 2.24) is 9.78 Å². The lowest BCUT2D eigenvalue weighted by atomic mass is 9.72. The van der Waals surface area contributed by atoms with E-state index in [9.17, 15) is 0 Å². The van der Waals surface area contributed by atoms with E-state index in [1.165, 1.54) is 33.5 Å². The molecule has 0 fully saturated rings. The topological polar surface area (TPSA) is 17.8 Å². The van der Waals surface area contributed by atoms with Crippen LogP contribution >= 0.6 is 0 Å². The lowest BCUT2D eigenvalue weighted by Crippen LogP contribution is -2.29. The lowest BCUT2D eigenvalue weighted by molar-refractivity contribution is 0.446. The van der Waals surface area contributed by atoms with Gasteiger partial charge in [-0.2, -0.15) is 5.10 Å². The zero-order valence-electron chi connectivity index (χ0n) is 17.2. The van der Waals surface area contributed by atoms with E-state index in [0.717, 1.165) is 0 Å². The van der Waals surface area contributed by atoms with E-state index in [0.29, 0.717) is 0 Å². The Bertz CT molecular complexity index is 1120. The van der Waals surface area contributed by atoms with Crippen LogP contribution in [0.1, 0.15) is 43.6 Å². The second-order valence-corrected chi connectivity index (χ2v) is 8.93. The molecule has 0 radical (unpaired) electrons. The molecule has 1 aliphatic carbocycles. The maximum absolute atomic E-state index is 4.73. The predicted octanol–water partition coefficient (Wildman–Crippen LogP) is 6.56. The van der Waals surface area contributed by atoms with Crippen molar-refractivity contribution in [3.8, 4) is 0 Å². The standard InChI is InChI=1S/C27H26N2/c1-27(2,3)21-14-15-23-22(18-21)25(19-10-6-4-7-11-19)26(20-12-8-5-9-13-20)24-16-17-28-29(23)24/h4-18,22-23H,1-3H3. The van der Waals surface area contributed by atoms with Crippen molar-refractivity contribution in [1.29, 1.82) is 0 Å². The molecule has 29 heavy (non-hydrogen) atoms. The molecule has 0 saturated carbocycles. The molecule has 0 saturated heterocycles. The van der Waals surface area contributed by atoms with Gasteiger partial charge in [0.15, 0.2) is 0 Å². The minimum atomic E-state index is 0.112. The fraction of sp³-hybridized carbons (Fsp3) is 0.222. The molecular weight excluding hydrogens is 352 g/mol. The van der Waals surface area contributed by atoms with Crippen LogP contribution < -0.4 is 0 Å². The van der Waals surface area contributed by atoms with Gasteiger partial charge >= 0.3 is 0 Å². The van der Waals surface area contributed by atoms with Gasteiger partial charge in [0.05, 0.1) is 11.7 Å². The summed E-state index contributed by atoms with van der Waals surface area (Å²) in [6, 6.07) is 23.9. The molecule has 5 rings (SSSR count). The van der Waals surface area contributed by atoms with Gasteiger partial charge in [-0.1, -0.05) is 99.7 Å². The minimum Gasteiger partial charge on any atom is -0.257 e. The fourth-order valence-electron chi connectivity index (χ4n) is 4.57. The van der Waals surface area contributed by atoms with Crippen LogP contribution in [-0.4, -0.2) is 9.78 Å². The monoisotopic (exact) mass is 378 g/mol. The number of hydrogen-bond donors (Lipinski definition) is 0. The van der Waals surface area contributed by atoms with Crippen LogP contribution in [0.4, 0.5) is 0 Å². The van der Waals surface area contributed by atoms with Crippen molar-refractivity contribution in [2.75, 3.05) is 0 Å². The number of hydrogen-bond acceptors (Lipinski definition) is 1. The summed E-state index contributed by atoms with van der Waals surface area (Å²) in [5.41, 5.74) is 7.89. The largest absolute Gasteiger partial charge is 0.257 e. The lowest BCUT2D eigenvalue weighted by Gasteiger charge is -2.38. The maximum Gasteiger partial charge on any atom is 0.0813 e. The first-order valence-electron chi connectivity index (χ1n) is 10.3. The molecule has 2 aromatic carbocycles. The van der Waals surface area contributed by atoms with Crippen LogP contribution in [0.5, 0.6) is 0 Å². The number of allylic oxidation sites excluding steroid dienone is 5. The second-order valence-electron chi connectivity index (χ2n) is 8.93. The summed E-state index contributed by atoms with van der Waals surface area (Å²) in [6.07, 6.45) is 9.04. The van der Waals surface area contributed by atoms with Gasteiger partial charge in [-0.25, -0.2) is 0 Å². The normalized spacial score (nSPS) is 20.9. The molecule has 2 nitrogen and oxygen atoms in total. The van der Waals surface area contributed by atoms with Crippen LogP contribution in [0.3, 0.4) is 0 Å². The average molecular weight is 379 g/mol. The molecule has 1 aromatic heterocycles. The van der Waals surface area contributed by atoms with Gasteiger partial charge in [-0.15, -0.1) is 0 Å². The van der Waals surface area contributed by atoms with E-state index >= 15 is 0 Å². The summed E-state index contributed by atoms with van der Waals surface area (Å²) >= 11 is 0. The minimum absolute atomic E-state index is 0.112. The zero-order valence-corrected chi connectivity index (χ0v) is 17.2. The summed E-state index contributed by atoms with van der Waals surface area (Å²) in [5, 5.41) is 4.73. The average Bonchev–Trinajstić information content (AvgIpc) is 3.23. The second kappa shape index (κ2) is 6.73. The van der Waals surface area contributed by atoms with Gasteiger partial charge in [0.25, 0.3) is 0 Å². The van der Waals surface area contributed by atoms with Crippen LogP contribution in [0, 0.1) is 11.3 Å². The first-order chi connectivity index (χ1) is 14.0. The molecule has 144 valence electrons. The molecule has 1 aliphatic heterocycles. The molecule has 0 amide bonds. The molecule has 2 heteroatoms. The fourth-order valence-corrected chi connectivity index (χ4v) is 4.57.